The minimum Gasteiger partial charge on any atom is -0.456 e. The van der Waals surface area contributed by atoms with Gasteiger partial charge in [-0.1, -0.05) is 15.9 Å². The van der Waals surface area contributed by atoms with Gasteiger partial charge < -0.3 is 4.74 Å². The second kappa shape index (κ2) is 6.37. The summed E-state index contributed by atoms with van der Waals surface area (Å²) in [6.07, 6.45) is 3.15. The molecular weight excluding hydrogens is 360 g/mol. The van der Waals surface area contributed by atoms with E-state index in [2.05, 4.69) is 26.1 Å². The summed E-state index contributed by atoms with van der Waals surface area (Å²) in [5.41, 5.74) is 3.01. The van der Waals surface area contributed by atoms with Crippen LogP contribution in [-0.4, -0.2) is 25.5 Å². The highest BCUT2D eigenvalue weighted by molar-refractivity contribution is 9.10. The van der Waals surface area contributed by atoms with Crippen LogP contribution in [0, 0.1) is 6.92 Å². The number of aromatic nitrogens is 4. The molecule has 0 saturated heterocycles. The second-order valence-corrected chi connectivity index (χ2v) is 6.04. The van der Waals surface area contributed by atoms with E-state index < -0.39 is 5.97 Å². The fourth-order valence-corrected chi connectivity index (χ4v) is 2.45. The average Bonchev–Trinajstić information content (AvgIpc) is 3.12. The first-order valence-corrected chi connectivity index (χ1v) is 7.79. The van der Waals surface area contributed by atoms with E-state index in [1.165, 1.54) is 6.20 Å². The zero-order chi connectivity index (χ0) is 16.4. The molecule has 0 atom stereocenters. The van der Waals surface area contributed by atoms with Gasteiger partial charge in [0, 0.05) is 17.7 Å². The van der Waals surface area contributed by atoms with Crippen LogP contribution in [0.5, 0.6) is 0 Å². The normalized spacial score (nSPS) is 10.7. The lowest BCUT2D eigenvalue weighted by Gasteiger charge is -2.03. The lowest BCUT2D eigenvalue weighted by molar-refractivity contribution is 0.0463. The smallest absolute Gasteiger partial charge is 0.341 e. The lowest BCUT2D eigenvalue weighted by Crippen LogP contribution is -2.07. The molecule has 2 heterocycles. The Morgan fingerprint density at radius 2 is 2.04 bits per heavy atom. The summed E-state index contributed by atoms with van der Waals surface area (Å²) in [5, 5.41) is 8.41. The first-order chi connectivity index (χ1) is 11.0. The van der Waals surface area contributed by atoms with E-state index >= 15 is 0 Å². The Bertz CT molecular complexity index is 836. The summed E-state index contributed by atoms with van der Waals surface area (Å²) in [7, 11) is 1.82. The van der Waals surface area contributed by atoms with E-state index in [0.29, 0.717) is 5.56 Å². The Labute approximate surface area is 141 Å². The van der Waals surface area contributed by atoms with Crippen molar-refractivity contribution in [2.75, 3.05) is 0 Å². The van der Waals surface area contributed by atoms with Gasteiger partial charge in [0.15, 0.2) is 0 Å². The molecule has 23 heavy (non-hydrogen) atoms. The van der Waals surface area contributed by atoms with E-state index in [9.17, 15) is 4.79 Å². The predicted octanol–water partition coefficient (Wildman–Crippen LogP) is 3.03. The van der Waals surface area contributed by atoms with Crippen LogP contribution in [0.4, 0.5) is 0 Å². The average molecular weight is 375 g/mol. The van der Waals surface area contributed by atoms with Crippen LogP contribution in [0.1, 0.15) is 21.7 Å². The number of halogens is 1. The molecule has 0 aliphatic rings. The molecule has 0 aliphatic carbocycles. The molecule has 3 aromatic rings. The molecule has 0 amide bonds. The molecule has 6 nitrogen and oxygen atoms in total. The number of hydrogen-bond donors (Lipinski definition) is 0. The second-order valence-electron chi connectivity index (χ2n) is 5.13. The van der Waals surface area contributed by atoms with E-state index in [0.717, 1.165) is 21.5 Å². The molecule has 2 aromatic heterocycles. The summed E-state index contributed by atoms with van der Waals surface area (Å²) in [5.74, 6) is -0.410. The van der Waals surface area contributed by atoms with Crippen LogP contribution >= 0.6 is 15.9 Å². The molecular formula is C16H15BrN4O2. The van der Waals surface area contributed by atoms with Crippen LogP contribution in [0.2, 0.25) is 0 Å². The van der Waals surface area contributed by atoms with Gasteiger partial charge in [0.25, 0.3) is 0 Å². The third-order valence-corrected chi connectivity index (χ3v) is 3.89. The Morgan fingerprint density at radius 1 is 1.30 bits per heavy atom. The van der Waals surface area contributed by atoms with E-state index in [1.807, 2.05) is 44.3 Å². The summed E-state index contributed by atoms with van der Waals surface area (Å²) in [6, 6.07) is 9.53. The molecule has 0 unspecified atom stereocenters. The van der Waals surface area contributed by atoms with Crippen molar-refractivity contribution in [1.29, 1.82) is 0 Å². The zero-order valence-corrected chi connectivity index (χ0v) is 14.3. The monoisotopic (exact) mass is 374 g/mol. The van der Waals surface area contributed by atoms with Gasteiger partial charge in [-0.15, -0.1) is 0 Å². The van der Waals surface area contributed by atoms with Gasteiger partial charge in [-0.3, -0.25) is 4.68 Å². The predicted molar refractivity (Wildman–Crippen MR) is 88.3 cm³/mol. The van der Waals surface area contributed by atoms with Gasteiger partial charge in [0.1, 0.15) is 6.61 Å². The van der Waals surface area contributed by atoms with Gasteiger partial charge in [0.05, 0.1) is 28.8 Å². The standard InChI is InChI=1S/C16H15BrN4O2/c1-11-7-15(20(2)19-11)10-23-16(22)12-8-18-21(9-12)14-5-3-13(17)4-6-14/h3-9H,10H2,1-2H3. The van der Waals surface area contributed by atoms with Gasteiger partial charge in [0.2, 0.25) is 0 Å². The van der Waals surface area contributed by atoms with Gasteiger partial charge in [-0.2, -0.15) is 10.2 Å². The summed E-state index contributed by atoms with van der Waals surface area (Å²) < 4.78 is 9.64. The highest BCUT2D eigenvalue weighted by Crippen LogP contribution is 2.14. The van der Waals surface area contributed by atoms with Crippen molar-refractivity contribution in [1.82, 2.24) is 19.6 Å². The Balaban J connectivity index is 1.69. The van der Waals surface area contributed by atoms with Crippen LogP contribution in [0.15, 0.2) is 47.2 Å². The Hall–Kier alpha value is -2.41. The molecule has 0 N–H and O–H groups in total. The third-order valence-electron chi connectivity index (χ3n) is 3.36. The minimum atomic E-state index is -0.410. The van der Waals surface area contributed by atoms with Crippen LogP contribution in [0.25, 0.3) is 5.69 Å². The number of nitrogens with zero attached hydrogens (tertiary/aromatic N) is 4. The Morgan fingerprint density at radius 3 is 2.70 bits per heavy atom. The van der Waals surface area contributed by atoms with Gasteiger partial charge >= 0.3 is 5.97 Å². The number of aryl methyl sites for hydroxylation is 2. The number of benzene rings is 1. The van der Waals surface area contributed by atoms with Crippen molar-refractivity contribution in [2.24, 2.45) is 7.05 Å². The molecule has 0 aliphatic heterocycles. The topological polar surface area (TPSA) is 61.9 Å². The van der Waals surface area contributed by atoms with Crippen molar-refractivity contribution < 1.29 is 9.53 Å². The maximum atomic E-state index is 12.1. The maximum Gasteiger partial charge on any atom is 0.341 e. The van der Waals surface area contributed by atoms with Crippen molar-refractivity contribution in [3.8, 4) is 5.69 Å². The number of ether oxygens (including phenoxy) is 1. The fourth-order valence-electron chi connectivity index (χ4n) is 2.19. The van der Waals surface area contributed by atoms with Gasteiger partial charge in [-0.05, 0) is 37.3 Å². The summed E-state index contributed by atoms with van der Waals surface area (Å²) >= 11 is 3.39. The van der Waals surface area contributed by atoms with Crippen molar-refractivity contribution in [3.63, 3.8) is 0 Å². The maximum absolute atomic E-state index is 12.1. The molecule has 0 fully saturated rings. The van der Waals surface area contributed by atoms with E-state index in [-0.39, 0.29) is 6.61 Å². The Kier molecular flexibility index (Phi) is 4.29. The first kappa shape index (κ1) is 15.5. The van der Waals surface area contributed by atoms with Crippen molar-refractivity contribution >= 4 is 21.9 Å². The summed E-state index contributed by atoms with van der Waals surface area (Å²) in [4.78, 5) is 12.1. The molecule has 7 heteroatoms. The minimum absolute atomic E-state index is 0.180. The molecule has 1 aromatic carbocycles. The molecule has 0 radical (unpaired) electrons. The number of esters is 1. The zero-order valence-electron chi connectivity index (χ0n) is 12.7. The van der Waals surface area contributed by atoms with E-state index in [1.54, 1.807) is 15.6 Å². The number of carbonyl (C=O) groups is 1. The number of hydrogen-bond acceptors (Lipinski definition) is 4. The van der Waals surface area contributed by atoms with Gasteiger partial charge in [-0.25, -0.2) is 9.48 Å². The molecule has 3 rings (SSSR count). The quantitative estimate of drug-likeness (QED) is 0.658. The molecule has 118 valence electrons. The molecule has 0 bridgehead atoms. The highest BCUT2D eigenvalue weighted by atomic mass is 79.9. The molecule has 0 saturated carbocycles. The van der Waals surface area contributed by atoms with Crippen LogP contribution < -0.4 is 0 Å². The van der Waals surface area contributed by atoms with Crippen molar-refractivity contribution in [2.45, 2.75) is 13.5 Å². The van der Waals surface area contributed by atoms with Crippen LogP contribution in [-0.2, 0) is 18.4 Å². The van der Waals surface area contributed by atoms with E-state index in [4.69, 9.17) is 4.74 Å². The SMILES string of the molecule is Cc1cc(COC(=O)c2cnn(-c3ccc(Br)cc3)c2)n(C)n1. The number of rotatable bonds is 4. The lowest BCUT2D eigenvalue weighted by atomic mass is 10.3. The third kappa shape index (κ3) is 3.50. The van der Waals surface area contributed by atoms with Crippen LogP contribution in [0.3, 0.4) is 0 Å². The highest BCUT2D eigenvalue weighted by Gasteiger charge is 2.12. The summed E-state index contributed by atoms with van der Waals surface area (Å²) in [6.45, 7) is 2.08. The molecule has 0 spiro atoms. The fraction of sp³-hybridized carbons (Fsp3) is 0.188. The van der Waals surface area contributed by atoms with Crippen molar-refractivity contribution in [3.05, 3.63) is 64.1 Å². The largest absolute Gasteiger partial charge is 0.456 e. The first-order valence-electron chi connectivity index (χ1n) is 7.00. The number of carbonyl (C=O) groups excluding carboxylic acids is 1.